The molecule has 16 heteroatoms. The summed E-state index contributed by atoms with van der Waals surface area (Å²) in [6, 6.07) is 28.3. The van der Waals surface area contributed by atoms with E-state index in [0.717, 1.165) is 35.4 Å². The number of aliphatic hydroxyl groups excluding tert-OH is 2. The molecule has 0 saturated heterocycles. The third-order valence-corrected chi connectivity index (χ3v) is 6.93. The van der Waals surface area contributed by atoms with E-state index in [2.05, 4.69) is 0 Å². The number of carboxylic acid groups (broad SMARTS) is 2. The van der Waals surface area contributed by atoms with Gasteiger partial charge in [0, 0.05) is 14.2 Å². The van der Waals surface area contributed by atoms with Crippen LogP contribution in [0.3, 0.4) is 0 Å². The number of ether oxygens (including phenoxy) is 2. The zero-order chi connectivity index (χ0) is 40.9. The van der Waals surface area contributed by atoms with Crippen LogP contribution in [0.15, 0.2) is 109 Å². The number of aliphatic carboxylic acids is 2. The topological polar surface area (TPSA) is 186 Å². The standard InChI is InChI=1S/2C16H16F3NO.C4H6O6.CH4.H/c2*17-16(18,19)13-6-8-14(9-7-13)21-15(10-11-20)12-4-2-1-3-5-12;5-1(3(7)8)2(6)4(9)10;;/h2*1-9,15H,10-11,20H2;1-2,5-6H,(H,7,8)(H,9,10);1H4;/q;;;;-1/t2*15-;1-,2-;;/m110../s1/i;;;1T;1+1. The first kappa shape index (κ1) is 44.0. The van der Waals surface area contributed by atoms with E-state index in [4.69, 9.17) is 42.7 Å². The number of halogens is 6. The molecule has 8 N–H and O–H groups in total. The second kappa shape index (κ2) is 22.0. The Morgan fingerprint density at radius 3 is 1.11 bits per heavy atom. The Morgan fingerprint density at radius 1 is 0.604 bits per heavy atom. The van der Waals surface area contributed by atoms with E-state index in [9.17, 15) is 35.9 Å². The average molecular weight is 761 g/mol. The van der Waals surface area contributed by atoms with Gasteiger partial charge in [-0.25, -0.2) is 9.59 Å². The lowest BCUT2D eigenvalue weighted by Crippen LogP contribution is -2.39. The molecule has 0 unspecified atom stereocenters. The number of nitrogens with two attached hydrogens (primary N) is 2. The third-order valence-electron chi connectivity index (χ3n) is 6.93. The summed E-state index contributed by atoms with van der Waals surface area (Å²) in [5.41, 5.74) is 11.7. The van der Waals surface area contributed by atoms with Gasteiger partial charge in [0.2, 0.25) is 0 Å². The maximum absolute atomic E-state index is 12.5. The molecule has 0 aliphatic heterocycles. The van der Waals surface area contributed by atoms with Gasteiger partial charge >= 0.3 is 24.3 Å². The predicted octanol–water partition coefficient (Wildman–Crippen LogP) is 6.97. The Kier molecular flexibility index (Phi) is 18.3. The van der Waals surface area contributed by atoms with Crippen LogP contribution in [0.2, 0.25) is 0 Å². The smallest absolute Gasteiger partial charge is 0.416 e. The first-order chi connectivity index (χ1) is 25.5. The van der Waals surface area contributed by atoms with Gasteiger partial charge in [-0.05, 0) is 72.7 Å². The van der Waals surface area contributed by atoms with Gasteiger partial charge in [0.25, 0.3) is 0 Å². The summed E-state index contributed by atoms with van der Waals surface area (Å²) in [5.74, 6) is -2.75. The lowest BCUT2D eigenvalue weighted by Gasteiger charge is -2.19. The van der Waals surface area contributed by atoms with Crippen molar-refractivity contribution >= 4 is 11.9 Å². The highest BCUT2D eigenvalue weighted by Crippen LogP contribution is 2.33. The molecule has 0 radical (unpaired) electrons. The van der Waals surface area contributed by atoms with Gasteiger partial charge in [-0.15, -0.1) is 0 Å². The molecule has 0 spiro atoms. The minimum Gasteiger partial charge on any atom is -1.00 e. The maximum atomic E-state index is 12.5. The largest absolute Gasteiger partial charge is 1.00 e. The minimum atomic E-state index is -4.34. The first-order valence-corrected chi connectivity index (χ1v) is 15.5. The molecule has 4 atom stereocenters. The fraction of sp³-hybridized carbons (Fsp3) is 0.297. The van der Waals surface area contributed by atoms with Crippen LogP contribution in [-0.2, 0) is 21.9 Å². The summed E-state index contributed by atoms with van der Waals surface area (Å²) in [5, 5.41) is 32.5. The molecule has 0 heterocycles. The molecule has 4 rings (SSSR count). The number of carboxylic acids is 2. The molecule has 0 amide bonds. The average Bonchev–Trinajstić information content (AvgIpc) is 3.15. The molecule has 10 nitrogen and oxygen atoms in total. The SMILES string of the molecule is NCC[C@@H](Oc1ccc(C(F)(F)F)cc1)c1ccccc1.NCC[C@@H](Oc1ccc(C(F)(F)F)cc1)c1ccccc1.O=C(O)[C@@H](O)[C@H](O)C(=O)O.[2H-].[3H]C. The Labute approximate surface area is 305 Å². The monoisotopic (exact) mass is 760 g/mol. The number of carbonyl (C=O) groups is 2. The molecule has 4 aromatic rings. The Balaban J connectivity index is 0.000000817. The summed E-state index contributed by atoms with van der Waals surface area (Å²) in [4.78, 5) is 19.5. The molecule has 0 aliphatic rings. The van der Waals surface area contributed by atoms with Gasteiger partial charge in [0.1, 0.15) is 23.7 Å². The van der Waals surface area contributed by atoms with E-state index in [1.54, 1.807) is 0 Å². The van der Waals surface area contributed by atoms with Crippen LogP contribution in [0.4, 0.5) is 26.3 Å². The molecule has 0 fully saturated rings. The normalized spacial score (nSPS) is 13.4. The number of benzene rings is 4. The lowest BCUT2D eigenvalue weighted by molar-refractivity contribution is -0.165. The van der Waals surface area contributed by atoms with Crippen molar-refractivity contribution in [1.29, 1.82) is 0 Å². The molecular formula is C37H43F6N2O8-. The number of alkyl halides is 6. The second-order valence-electron chi connectivity index (χ2n) is 10.8. The number of aliphatic hydroxyl groups is 2. The molecule has 0 aromatic heterocycles. The van der Waals surface area contributed by atoms with Crippen LogP contribution < -0.4 is 20.9 Å². The van der Waals surface area contributed by atoms with Crippen molar-refractivity contribution in [2.75, 3.05) is 13.1 Å². The minimum absolute atomic E-state index is 0. The fourth-order valence-electron chi connectivity index (χ4n) is 4.27. The Hall–Kier alpha value is -5.16. The molecule has 0 aliphatic carbocycles. The van der Waals surface area contributed by atoms with Crippen molar-refractivity contribution in [3.8, 4) is 11.5 Å². The van der Waals surface area contributed by atoms with Crippen molar-refractivity contribution in [1.82, 2.24) is 0 Å². The summed E-state index contributed by atoms with van der Waals surface area (Å²) in [7, 11) is 1.25. The zero-order valence-electron chi connectivity index (χ0n) is 30.4. The number of hydrogen-bond donors (Lipinski definition) is 6. The quantitative estimate of drug-likeness (QED) is 0.0778. The van der Waals surface area contributed by atoms with Gasteiger partial charge < -0.3 is 42.8 Å². The summed E-state index contributed by atoms with van der Waals surface area (Å²) in [6.07, 6.45) is -12.6. The summed E-state index contributed by atoms with van der Waals surface area (Å²) in [6.45, 7) is 0.861. The highest BCUT2D eigenvalue weighted by Gasteiger charge is 2.31. The highest BCUT2D eigenvalue weighted by atomic mass is 19.4. The maximum Gasteiger partial charge on any atom is 0.416 e. The van der Waals surface area contributed by atoms with Crippen molar-refractivity contribution in [3.05, 3.63) is 131 Å². The molecule has 292 valence electrons. The third kappa shape index (κ3) is 16.0. The van der Waals surface area contributed by atoms with Crippen molar-refractivity contribution in [2.24, 2.45) is 11.5 Å². The van der Waals surface area contributed by atoms with E-state index >= 15 is 0 Å². The van der Waals surface area contributed by atoms with E-state index < -0.39 is 47.6 Å². The van der Waals surface area contributed by atoms with Gasteiger partial charge in [0.05, 0.1) is 11.1 Å². The van der Waals surface area contributed by atoms with E-state index in [0.29, 0.717) is 37.4 Å². The van der Waals surface area contributed by atoms with Crippen LogP contribution in [-0.4, -0.2) is 57.7 Å². The van der Waals surface area contributed by atoms with E-state index in [-0.39, 0.29) is 13.6 Å². The number of hydrogen-bond acceptors (Lipinski definition) is 8. The van der Waals surface area contributed by atoms with E-state index in [1.165, 1.54) is 31.7 Å². The Morgan fingerprint density at radius 2 is 0.887 bits per heavy atom. The van der Waals surface area contributed by atoms with Gasteiger partial charge in [-0.2, -0.15) is 26.3 Å². The van der Waals surface area contributed by atoms with Gasteiger partial charge in [-0.1, -0.05) is 68.1 Å². The second-order valence-corrected chi connectivity index (χ2v) is 10.8. The van der Waals surface area contributed by atoms with E-state index in [1.807, 2.05) is 60.7 Å². The van der Waals surface area contributed by atoms with Crippen molar-refractivity contribution in [2.45, 2.75) is 57.0 Å². The molecule has 0 saturated carbocycles. The lowest BCUT2D eigenvalue weighted by atomic mass is 10.1. The Bertz CT molecular complexity index is 1520. The van der Waals surface area contributed by atoms with Crippen LogP contribution >= 0.6 is 0 Å². The molecule has 4 aromatic carbocycles. The molecule has 0 bridgehead atoms. The fourth-order valence-corrected chi connectivity index (χ4v) is 4.27. The van der Waals surface area contributed by atoms with Gasteiger partial charge in [-0.3, -0.25) is 0 Å². The summed E-state index contributed by atoms with van der Waals surface area (Å²) < 4.78 is 92.3. The van der Waals surface area contributed by atoms with Crippen LogP contribution in [0.5, 0.6) is 11.5 Å². The van der Waals surface area contributed by atoms with Gasteiger partial charge in [0.15, 0.2) is 12.2 Å². The van der Waals surface area contributed by atoms with Crippen LogP contribution in [0.25, 0.3) is 0 Å². The molecular weight excluding hydrogens is 714 g/mol. The first-order valence-electron chi connectivity index (χ1n) is 16.5. The molecule has 53 heavy (non-hydrogen) atoms. The zero-order valence-corrected chi connectivity index (χ0v) is 28.4. The van der Waals surface area contributed by atoms with Crippen LogP contribution in [0.1, 0.15) is 57.5 Å². The number of rotatable bonds is 13. The van der Waals surface area contributed by atoms with Crippen molar-refractivity contribution < 1.29 is 68.6 Å². The summed E-state index contributed by atoms with van der Waals surface area (Å²) >= 11 is 0. The van der Waals surface area contributed by atoms with Crippen molar-refractivity contribution in [3.63, 3.8) is 0 Å². The predicted molar refractivity (Wildman–Crippen MR) is 185 cm³/mol. The highest BCUT2D eigenvalue weighted by molar-refractivity contribution is 5.83. The van der Waals surface area contributed by atoms with Crippen LogP contribution in [0, 0.1) is 0 Å².